The molecular formula is C6H13Ni-. The standard InChI is InChI=1S/C6H13.Ni/c1-3-5-6-4-2;/h1,3-6H2,2H3;/q-1;. The Labute approximate surface area is 56.6 Å². The monoisotopic (exact) mass is 143 g/mol. The molecule has 0 N–H and O–H groups in total. The second-order valence-electron chi connectivity index (χ2n) is 1.56. The van der Waals surface area contributed by atoms with E-state index in [0.29, 0.717) is 0 Å². The van der Waals surface area contributed by atoms with Crippen LogP contribution in [0.1, 0.15) is 32.6 Å². The van der Waals surface area contributed by atoms with E-state index in [2.05, 4.69) is 13.8 Å². The average Bonchev–Trinajstić information content (AvgIpc) is 1.61. The van der Waals surface area contributed by atoms with Gasteiger partial charge < -0.3 is 6.92 Å². The number of rotatable bonds is 3. The summed E-state index contributed by atoms with van der Waals surface area (Å²) < 4.78 is 0. The Balaban J connectivity index is 0. The van der Waals surface area contributed by atoms with Gasteiger partial charge in [0.1, 0.15) is 0 Å². The van der Waals surface area contributed by atoms with E-state index >= 15 is 0 Å². The van der Waals surface area contributed by atoms with Crippen LogP contribution < -0.4 is 0 Å². The number of hydrogen-bond donors (Lipinski definition) is 0. The summed E-state index contributed by atoms with van der Waals surface area (Å²) in [7, 11) is 0. The maximum absolute atomic E-state index is 3.72. The fraction of sp³-hybridized carbons (Fsp3) is 0.833. The molecule has 0 aliphatic carbocycles. The van der Waals surface area contributed by atoms with Crippen LogP contribution in [0, 0.1) is 6.92 Å². The van der Waals surface area contributed by atoms with Gasteiger partial charge in [-0.3, -0.25) is 0 Å². The van der Waals surface area contributed by atoms with Gasteiger partial charge in [0.05, 0.1) is 0 Å². The zero-order valence-corrected chi connectivity index (χ0v) is 5.84. The van der Waals surface area contributed by atoms with Crippen molar-refractivity contribution >= 4 is 0 Å². The summed E-state index contributed by atoms with van der Waals surface area (Å²) in [5, 5.41) is 0. The third-order valence-electron chi connectivity index (χ3n) is 0.854. The van der Waals surface area contributed by atoms with E-state index in [9.17, 15) is 0 Å². The third kappa shape index (κ3) is 10.7. The van der Waals surface area contributed by atoms with Gasteiger partial charge in [-0.25, -0.2) is 0 Å². The van der Waals surface area contributed by atoms with Gasteiger partial charge in [-0.05, 0) is 0 Å². The number of unbranched alkanes of at least 4 members (excludes halogenated alkanes) is 3. The van der Waals surface area contributed by atoms with E-state index in [4.69, 9.17) is 0 Å². The minimum Gasteiger partial charge on any atom is -0.343 e. The Hall–Kier alpha value is 0.494. The Morgan fingerprint density at radius 2 is 1.86 bits per heavy atom. The summed E-state index contributed by atoms with van der Waals surface area (Å²) in [5.74, 6) is 0. The first-order valence-corrected chi connectivity index (χ1v) is 2.71. The predicted octanol–water partition coefficient (Wildman–Crippen LogP) is 2.40. The molecule has 0 radical (unpaired) electrons. The summed E-state index contributed by atoms with van der Waals surface area (Å²) >= 11 is 0. The fourth-order valence-electron chi connectivity index (χ4n) is 0.427. The van der Waals surface area contributed by atoms with Crippen LogP contribution in [0.25, 0.3) is 0 Å². The number of hydrogen-bond acceptors (Lipinski definition) is 0. The van der Waals surface area contributed by atoms with Gasteiger partial charge in [-0.15, -0.1) is 0 Å². The van der Waals surface area contributed by atoms with Crippen LogP contribution in [0.5, 0.6) is 0 Å². The van der Waals surface area contributed by atoms with Crippen molar-refractivity contribution in [2.24, 2.45) is 0 Å². The van der Waals surface area contributed by atoms with Crippen molar-refractivity contribution in [1.82, 2.24) is 0 Å². The van der Waals surface area contributed by atoms with E-state index < -0.39 is 0 Å². The molecule has 0 amide bonds. The molecule has 0 aromatic heterocycles. The van der Waals surface area contributed by atoms with Crippen molar-refractivity contribution in [1.29, 1.82) is 0 Å². The summed E-state index contributed by atoms with van der Waals surface area (Å²) in [6.07, 6.45) is 5.07. The maximum atomic E-state index is 3.72. The van der Waals surface area contributed by atoms with Crippen LogP contribution in [-0.2, 0) is 16.5 Å². The van der Waals surface area contributed by atoms with Crippen molar-refractivity contribution < 1.29 is 16.5 Å². The molecule has 0 nitrogen and oxygen atoms in total. The summed E-state index contributed by atoms with van der Waals surface area (Å²) in [4.78, 5) is 0. The summed E-state index contributed by atoms with van der Waals surface area (Å²) in [6, 6.07) is 0. The Kier molecular flexibility index (Phi) is 14.5. The second kappa shape index (κ2) is 9.71. The second-order valence-corrected chi connectivity index (χ2v) is 1.56. The van der Waals surface area contributed by atoms with E-state index in [1.54, 1.807) is 0 Å². The first-order valence-electron chi connectivity index (χ1n) is 2.71. The SMILES string of the molecule is [CH2-]CCCCC.[Ni]. The zero-order valence-electron chi connectivity index (χ0n) is 4.85. The molecule has 0 heterocycles. The van der Waals surface area contributed by atoms with Crippen LogP contribution in [0.15, 0.2) is 0 Å². The van der Waals surface area contributed by atoms with Gasteiger partial charge in [0.2, 0.25) is 0 Å². The molecule has 0 bridgehead atoms. The summed E-state index contributed by atoms with van der Waals surface area (Å²) in [5.41, 5.74) is 0. The molecule has 0 saturated heterocycles. The molecule has 0 aromatic rings. The van der Waals surface area contributed by atoms with E-state index in [-0.39, 0.29) is 16.5 Å². The van der Waals surface area contributed by atoms with Crippen molar-refractivity contribution in [3.63, 3.8) is 0 Å². The maximum Gasteiger partial charge on any atom is 0 e. The first-order chi connectivity index (χ1) is 2.91. The molecule has 0 atom stereocenters. The van der Waals surface area contributed by atoms with Gasteiger partial charge in [0.15, 0.2) is 0 Å². The Bertz CT molecular complexity index is 16.1. The van der Waals surface area contributed by atoms with Crippen molar-refractivity contribution in [3.05, 3.63) is 6.92 Å². The minimum atomic E-state index is 0. The van der Waals surface area contributed by atoms with Crippen LogP contribution in [-0.4, -0.2) is 0 Å². The summed E-state index contributed by atoms with van der Waals surface area (Å²) in [6.45, 7) is 5.93. The normalized spacial score (nSPS) is 7.71. The third-order valence-corrected chi connectivity index (χ3v) is 0.854. The van der Waals surface area contributed by atoms with Gasteiger partial charge in [0, 0.05) is 16.5 Å². The minimum absolute atomic E-state index is 0. The molecule has 0 aliphatic heterocycles. The molecule has 0 spiro atoms. The molecule has 7 heavy (non-hydrogen) atoms. The molecule has 0 saturated carbocycles. The largest absolute Gasteiger partial charge is 0.343 e. The predicted molar refractivity (Wildman–Crippen MR) is 29.5 cm³/mol. The Morgan fingerprint density at radius 1 is 1.29 bits per heavy atom. The zero-order chi connectivity index (χ0) is 4.83. The molecule has 0 rings (SSSR count). The van der Waals surface area contributed by atoms with E-state index in [0.717, 1.165) is 6.42 Å². The van der Waals surface area contributed by atoms with Crippen LogP contribution >= 0.6 is 0 Å². The van der Waals surface area contributed by atoms with Crippen LogP contribution in [0.4, 0.5) is 0 Å². The molecule has 0 aliphatic rings. The molecular weight excluding hydrogens is 131 g/mol. The van der Waals surface area contributed by atoms with E-state index in [1.165, 1.54) is 19.3 Å². The van der Waals surface area contributed by atoms with Crippen molar-refractivity contribution in [2.45, 2.75) is 32.6 Å². The molecule has 0 fully saturated rings. The topological polar surface area (TPSA) is 0 Å². The van der Waals surface area contributed by atoms with Gasteiger partial charge in [-0.2, -0.15) is 6.42 Å². The van der Waals surface area contributed by atoms with Gasteiger partial charge in [-0.1, -0.05) is 26.2 Å². The van der Waals surface area contributed by atoms with E-state index in [1.807, 2.05) is 0 Å². The average molecular weight is 144 g/mol. The fourth-order valence-corrected chi connectivity index (χ4v) is 0.427. The molecule has 1 heteroatoms. The quantitative estimate of drug-likeness (QED) is 0.324. The van der Waals surface area contributed by atoms with Crippen LogP contribution in [0.3, 0.4) is 0 Å². The smallest absolute Gasteiger partial charge is 0 e. The van der Waals surface area contributed by atoms with Crippen LogP contribution in [0.2, 0.25) is 0 Å². The Morgan fingerprint density at radius 3 is 2.00 bits per heavy atom. The van der Waals surface area contributed by atoms with Gasteiger partial charge in [0.25, 0.3) is 0 Å². The molecule has 0 aromatic carbocycles. The van der Waals surface area contributed by atoms with Crippen molar-refractivity contribution in [3.8, 4) is 0 Å². The molecule has 48 valence electrons. The first kappa shape index (κ1) is 10.5. The van der Waals surface area contributed by atoms with Crippen molar-refractivity contribution in [2.75, 3.05) is 0 Å². The molecule has 0 unspecified atom stereocenters. The van der Waals surface area contributed by atoms with Gasteiger partial charge >= 0.3 is 0 Å².